The summed E-state index contributed by atoms with van der Waals surface area (Å²) < 4.78 is 3.14. The minimum absolute atomic E-state index is 0.0230. The first-order chi connectivity index (χ1) is 6.06. The summed E-state index contributed by atoms with van der Waals surface area (Å²) in [6.45, 7) is 0. The summed E-state index contributed by atoms with van der Waals surface area (Å²) >= 11 is 6.60. The van der Waals surface area contributed by atoms with Crippen LogP contribution in [0.4, 0.5) is 0 Å². The van der Waals surface area contributed by atoms with E-state index in [1.807, 2.05) is 12.1 Å². The van der Waals surface area contributed by atoms with Crippen LogP contribution in [0.5, 0.6) is 0 Å². The van der Waals surface area contributed by atoms with Crippen molar-refractivity contribution in [2.24, 2.45) is 0 Å². The topological polar surface area (TPSA) is 29.1 Å². The molecule has 0 heterocycles. The number of amides is 1. The molecule has 0 atom stereocenters. The summed E-state index contributed by atoms with van der Waals surface area (Å²) in [5.74, 6) is -0.0230. The molecule has 1 amide bonds. The van der Waals surface area contributed by atoms with E-state index in [2.05, 4.69) is 73.1 Å². The first-order valence-electron chi connectivity index (χ1n) is 3.43. The molecule has 1 N–H and O–H groups in total. The Morgan fingerprint density at radius 3 is 2.08 bits per heavy atom. The van der Waals surface area contributed by atoms with Crippen LogP contribution in [0.25, 0.3) is 0 Å². The molecular formula is C8H6I3NO. The minimum atomic E-state index is -0.0230. The molecule has 1 aromatic rings. The van der Waals surface area contributed by atoms with E-state index in [4.69, 9.17) is 0 Å². The van der Waals surface area contributed by atoms with E-state index >= 15 is 0 Å². The fourth-order valence-electron chi connectivity index (χ4n) is 0.884. The van der Waals surface area contributed by atoms with Crippen LogP contribution in [0.15, 0.2) is 12.1 Å². The van der Waals surface area contributed by atoms with Crippen LogP contribution in [0.1, 0.15) is 10.4 Å². The second-order valence-corrected chi connectivity index (χ2v) is 5.89. The van der Waals surface area contributed by atoms with Gasteiger partial charge in [-0.1, -0.05) is 0 Å². The average Bonchev–Trinajstić information content (AvgIpc) is 2.02. The zero-order valence-corrected chi connectivity index (χ0v) is 13.2. The summed E-state index contributed by atoms with van der Waals surface area (Å²) in [4.78, 5) is 11.4. The Bertz CT molecular complexity index is 328. The first kappa shape index (κ1) is 12.0. The predicted octanol–water partition coefficient (Wildman–Crippen LogP) is 2.86. The lowest BCUT2D eigenvalue weighted by Gasteiger charge is -2.06. The molecule has 0 aliphatic heterocycles. The molecule has 0 saturated carbocycles. The normalized spacial score (nSPS) is 9.85. The molecule has 0 aromatic heterocycles. The number of hydrogen-bond donors (Lipinski definition) is 1. The van der Waals surface area contributed by atoms with Crippen molar-refractivity contribution in [3.05, 3.63) is 28.4 Å². The van der Waals surface area contributed by atoms with Crippen molar-refractivity contribution in [3.63, 3.8) is 0 Å². The lowest BCUT2D eigenvalue weighted by Crippen LogP contribution is -2.20. The molecule has 5 heteroatoms. The van der Waals surface area contributed by atoms with E-state index in [9.17, 15) is 4.79 Å². The maximum Gasteiger partial charge on any atom is 0.253 e. The van der Waals surface area contributed by atoms with Crippen molar-refractivity contribution in [3.8, 4) is 0 Å². The molecule has 0 aliphatic rings. The largest absolute Gasteiger partial charge is 0.355 e. The standard InChI is InChI=1S/C8H6I3NO/c1-12-8(13)7-5(10)2-4(9)3-6(7)11/h2-3H,1H3,(H,12,13). The number of carbonyl (C=O) groups excluding carboxylic acids is 1. The SMILES string of the molecule is CNC(=O)c1c(I)cc(I)cc1I. The molecule has 0 fully saturated rings. The van der Waals surface area contributed by atoms with Gasteiger partial charge in [0.15, 0.2) is 0 Å². The van der Waals surface area contributed by atoms with Gasteiger partial charge in [0.25, 0.3) is 5.91 Å². The quantitative estimate of drug-likeness (QED) is 0.576. The minimum Gasteiger partial charge on any atom is -0.355 e. The van der Waals surface area contributed by atoms with Crippen LogP contribution in [-0.4, -0.2) is 13.0 Å². The van der Waals surface area contributed by atoms with Crippen LogP contribution in [0.3, 0.4) is 0 Å². The fraction of sp³-hybridized carbons (Fsp3) is 0.125. The monoisotopic (exact) mass is 513 g/mol. The van der Waals surface area contributed by atoms with E-state index in [0.29, 0.717) is 0 Å². The summed E-state index contributed by atoms with van der Waals surface area (Å²) in [6.07, 6.45) is 0. The highest BCUT2D eigenvalue weighted by atomic mass is 127. The lowest BCUT2D eigenvalue weighted by molar-refractivity contribution is 0.0961. The number of rotatable bonds is 1. The van der Waals surface area contributed by atoms with Crippen molar-refractivity contribution in [1.29, 1.82) is 0 Å². The molecule has 1 rings (SSSR count). The Balaban J connectivity index is 3.28. The average molecular weight is 513 g/mol. The molecule has 70 valence electrons. The van der Waals surface area contributed by atoms with Gasteiger partial charge in [0.05, 0.1) is 5.56 Å². The summed E-state index contributed by atoms with van der Waals surface area (Å²) in [6, 6.07) is 3.99. The molecule has 0 saturated heterocycles. The molecule has 0 radical (unpaired) electrons. The zero-order valence-electron chi connectivity index (χ0n) is 6.70. The Labute approximate surface area is 118 Å². The van der Waals surface area contributed by atoms with E-state index < -0.39 is 0 Å². The molecule has 0 unspecified atom stereocenters. The third-order valence-corrected chi connectivity index (χ3v) is 3.79. The van der Waals surface area contributed by atoms with Gasteiger partial charge in [0.2, 0.25) is 0 Å². The molecule has 0 bridgehead atoms. The summed E-state index contributed by atoms with van der Waals surface area (Å²) in [7, 11) is 1.65. The smallest absolute Gasteiger partial charge is 0.253 e. The molecule has 2 nitrogen and oxygen atoms in total. The Morgan fingerprint density at radius 2 is 1.69 bits per heavy atom. The van der Waals surface area contributed by atoms with Crippen LogP contribution in [0.2, 0.25) is 0 Å². The predicted molar refractivity (Wildman–Crippen MR) is 78.0 cm³/mol. The van der Waals surface area contributed by atoms with Gasteiger partial charge in [-0.2, -0.15) is 0 Å². The van der Waals surface area contributed by atoms with Gasteiger partial charge in [0.1, 0.15) is 0 Å². The van der Waals surface area contributed by atoms with Crippen molar-refractivity contribution in [1.82, 2.24) is 5.32 Å². The van der Waals surface area contributed by atoms with Gasteiger partial charge < -0.3 is 5.32 Å². The zero-order chi connectivity index (χ0) is 10.0. The van der Waals surface area contributed by atoms with Gasteiger partial charge in [-0.25, -0.2) is 0 Å². The van der Waals surface area contributed by atoms with Crippen molar-refractivity contribution >= 4 is 73.7 Å². The Morgan fingerprint density at radius 1 is 1.23 bits per heavy atom. The highest BCUT2D eigenvalue weighted by molar-refractivity contribution is 14.1. The highest BCUT2D eigenvalue weighted by Crippen LogP contribution is 2.22. The molecule has 0 spiro atoms. The Hall–Kier alpha value is 0.880. The number of nitrogens with one attached hydrogen (secondary N) is 1. The molecular weight excluding hydrogens is 507 g/mol. The van der Waals surface area contributed by atoms with Crippen LogP contribution >= 0.6 is 67.8 Å². The van der Waals surface area contributed by atoms with Crippen LogP contribution < -0.4 is 5.32 Å². The van der Waals surface area contributed by atoms with Gasteiger partial charge in [-0.05, 0) is 79.9 Å². The second kappa shape index (κ2) is 5.10. The molecule has 13 heavy (non-hydrogen) atoms. The van der Waals surface area contributed by atoms with Gasteiger partial charge >= 0.3 is 0 Å². The van der Waals surface area contributed by atoms with Crippen molar-refractivity contribution in [2.75, 3.05) is 7.05 Å². The number of carbonyl (C=O) groups is 1. The highest BCUT2D eigenvalue weighted by Gasteiger charge is 2.12. The molecule has 0 aliphatic carbocycles. The third-order valence-electron chi connectivity index (χ3n) is 1.46. The third kappa shape index (κ3) is 2.91. The number of benzene rings is 1. The van der Waals surface area contributed by atoms with E-state index in [1.165, 1.54) is 0 Å². The maximum atomic E-state index is 11.4. The van der Waals surface area contributed by atoms with Gasteiger partial charge in [-0.3, -0.25) is 4.79 Å². The fourth-order valence-corrected chi connectivity index (χ4v) is 4.96. The van der Waals surface area contributed by atoms with Crippen molar-refractivity contribution < 1.29 is 4.79 Å². The van der Waals surface area contributed by atoms with Gasteiger partial charge in [-0.15, -0.1) is 0 Å². The maximum absolute atomic E-state index is 11.4. The summed E-state index contributed by atoms with van der Waals surface area (Å²) in [5.41, 5.74) is 0.768. The van der Waals surface area contributed by atoms with Crippen LogP contribution in [-0.2, 0) is 0 Å². The molecule has 1 aromatic carbocycles. The lowest BCUT2D eigenvalue weighted by atomic mass is 10.2. The van der Waals surface area contributed by atoms with Crippen LogP contribution in [0, 0.1) is 10.7 Å². The van der Waals surface area contributed by atoms with E-state index in [0.717, 1.165) is 16.3 Å². The van der Waals surface area contributed by atoms with E-state index in [-0.39, 0.29) is 5.91 Å². The summed E-state index contributed by atoms with van der Waals surface area (Å²) in [5, 5.41) is 2.63. The second-order valence-electron chi connectivity index (χ2n) is 2.32. The van der Waals surface area contributed by atoms with Crippen molar-refractivity contribution in [2.45, 2.75) is 0 Å². The van der Waals surface area contributed by atoms with E-state index in [1.54, 1.807) is 7.05 Å². The number of hydrogen-bond acceptors (Lipinski definition) is 1. The number of halogens is 3. The van der Waals surface area contributed by atoms with Gasteiger partial charge in [0, 0.05) is 17.8 Å². The Kier molecular flexibility index (Phi) is 4.69. The first-order valence-corrected chi connectivity index (χ1v) is 6.66.